The van der Waals surface area contributed by atoms with Crippen molar-refractivity contribution >= 4 is 5.82 Å². The van der Waals surface area contributed by atoms with Crippen molar-refractivity contribution in [3.05, 3.63) is 17.6 Å². The summed E-state index contributed by atoms with van der Waals surface area (Å²) in [6, 6.07) is 2.45. The van der Waals surface area contributed by atoms with E-state index in [0.29, 0.717) is 6.04 Å². The van der Waals surface area contributed by atoms with E-state index in [1.165, 1.54) is 0 Å². The normalized spacial score (nSPS) is 23.9. The fraction of sp³-hybridized carbons (Fsp3) is 0.667. The second-order valence-corrected chi connectivity index (χ2v) is 4.62. The molecule has 1 saturated carbocycles. The number of anilines is 1. The van der Waals surface area contributed by atoms with Crippen molar-refractivity contribution in [1.82, 2.24) is 9.97 Å². The lowest BCUT2D eigenvalue weighted by Gasteiger charge is -2.32. The van der Waals surface area contributed by atoms with Crippen LogP contribution < -0.4 is 11.1 Å². The molecule has 0 spiro atoms. The number of hydrogen-bond acceptors (Lipinski definition) is 4. The van der Waals surface area contributed by atoms with Crippen LogP contribution in [0.15, 0.2) is 6.07 Å². The van der Waals surface area contributed by atoms with Gasteiger partial charge >= 0.3 is 0 Å². The molecule has 0 amide bonds. The third-order valence-electron chi connectivity index (χ3n) is 3.10. The van der Waals surface area contributed by atoms with Crippen molar-refractivity contribution in [3.63, 3.8) is 0 Å². The van der Waals surface area contributed by atoms with Crippen LogP contribution in [0, 0.1) is 12.8 Å². The van der Waals surface area contributed by atoms with E-state index in [4.69, 9.17) is 5.73 Å². The number of rotatable bonds is 4. The predicted octanol–water partition coefficient (Wildman–Crippen LogP) is 1.50. The molecule has 1 heterocycles. The highest BCUT2D eigenvalue weighted by Crippen LogP contribution is 2.25. The summed E-state index contributed by atoms with van der Waals surface area (Å²) in [5.41, 5.74) is 6.85. The van der Waals surface area contributed by atoms with E-state index in [1.54, 1.807) is 0 Å². The van der Waals surface area contributed by atoms with Crippen molar-refractivity contribution in [2.24, 2.45) is 11.7 Å². The van der Waals surface area contributed by atoms with Gasteiger partial charge in [0.15, 0.2) is 0 Å². The topological polar surface area (TPSA) is 63.8 Å². The Labute approximate surface area is 96.7 Å². The van der Waals surface area contributed by atoms with E-state index >= 15 is 0 Å². The molecule has 0 atom stereocenters. The zero-order valence-corrected chi connectivity index (χ0v) is 10.0. The average molecular weight is 220 g/mol. The van der Waals surface area contributed by atoms with Gasteiger partial charge in [-0.05, 0) is 32.1 Å². The summed E-state index contributed by atoms with van der Waals surface area (Å²) >= 11 is 0. The maximum atomic E-state index is 5.75. The number of nitrogens with two attached hydrogens (primary N) is 1. The van der Waals surface area contributed by atoms with Crippen molar-refractivity contribution < 1.29 is 0 Å². The lowest BCUT2D eigenvalue weighted by Crippen LogP contribution is -2.39. The van der Waals surface area contributed by atoms with Crippen molar-refractivity contribution in [2.75, 3.05) is 11.9 Å². The van der Waals surface area contributed by atoms with Crippen molar-refractivity contribution in [1.29, 1.82) is 0 Å². The molecule has 0 saturated heterocycles. The summed E-state index contributed by atoms with van der Waals surface area (Å²) in [7, 11) is 0. The van der Waals surface area contributed by atoms with Gasteiger partial charge in [0.1, 0.15) is 11.6 Å². The Balaban J connectivity index is 1.90. The first-order chi connectivity index (χ1) is 7.67. The molecule has 0 bridgehead atoms. The smallest absolute Gasteiger partial charge is 0.129 e. The van der Waals surface area contributed by atoms with Crippen molar-refractivity contribution in [2.45, 2.75) is 39.2 Å². The summed E-state index contributed by atoms with van der Waals surface area (Å²) < 4.78 is 0. The molecule has 1 aromatic heterocycles. The predicted molar refractivity (Wildman–Crippen MR) is 65.3 cm³/mol. The highest BCUT2D eigenvalue weighted by Gasteiger charge is 2.25. The third kappa shape index (κ3) is 2.70. The fourth-order valence-electron chi connectivity index (χ4n) is 2.10. The maximum absolute atomic E-state index is 5.75. The molecule has 16 heavy (non-hydrogen) atoms. The molecule has 1 aliphatic carbocycles. The molecule has 88 valence electrons. The van der Waals surface area contributed by atoms with Gasteiger partial charge in [-0.2, -0.15) is 0 Å². The SMILES string of the molecule is CCc1cc(NCC2CC(N)C2)nc(C)n1. The molecule has 4 nitrogen and oxygen atoms in total. The van der Waals surface area contributed by atoms with Gasteiger partial charge in [0.25, 0.3) is 0 Å². The van der Waals surface area contributed by atoms with E-state index in [1.807, 2.05) is 13.0 Å². The standard InChI is InChI=1S/C12H20N4/c1-3-11-6-12(16-8(2)15-11)14-7-9-4-10(13)5-9/h6,9-10H,3-5,7,13H2,1-2H3,(H,14,15,16). The van der Waals surface area contributed by atoms with Gasteiger partial charge in [0.2, 0.25) is 0 Å². The summed E-state index contributed by atoms with van der Waals surface area (Å²) in [4.78, 5) is 8.73. The van der Waals surface area contributed by atoms with Gasteiger partial charge in [-0.3, -0.25) is 0 Å². The molecule has 4 heteroatoms. The van der Waals surface area contributed by atoms with Crippen LogP contribution in [0.2, 0.25) is 0 Å². The number of aromatic nitrogens is 2. The van der Waals surface area contributed by atoms with Crippen LogP contribution in [-0.2, 0) is 6.42 Å². The zero-order valence-electron chi connectivity index (χ0n) is 10.0. The second-order valence-electron chi connectivity index (χ2n) is 4.62. The Hall–Kier alpha value is -1.16. The van der Waals surface area contributed by atoms with Crippen LogP contribution in [0.25, 0.3) is 0 Å². The molecule has 1 aromatic rings. The summed E-state index contributed by atoms with van der Waals surface area (Å²) in [6.45, 7) is 5.02. The van der Waals surface area contributed by atoms with Crippen LogP contribution in [0.5, 0.6) is 0 Å². The van der Waals surface area contributed by atoms with Gasteiger partial charge < -0.3 is 11.1 Å². The molecule has 0 radical (unpaired) electrons. The van der Waals surface area contributed by atoms with Crippen molar-refractivity contribution in [3.8, 4) is 0 Å². The average Bonchev–Trinajstić information content (AvgIpc) is 2.22. The largest absolute Gasteiger partial charge is 0.370 e. The van der Waals surface area contributed by atoms with Gasteiger partial charge in [-0.25, -0.2) is 9.97 Å². The first-order valence-corrected chi connectivity index (χ1v) is 6.01. The lowest BCUT2D eigenvalue weighted by molar-refractivity contribution is 0.280. The molecular formula is C12H20N4. The molecular weight excluding hydrogens is 200 g/mol. The molecule has 2 rings (SSSR count). The van der Waals surface area contributed by atoms with Crippen LogP contribution in [0.1, 0.15) is 31.3 Å². The molecule has 0 aliphatic heterocycles. The van der Waals surface area contributed by atoms with Crippen LogP contribution in [0.3, 0.4) is 0 Å². The van der Waals surface area contributed by atoms with E-state index in [9.17, 15) is 0 Å². The number of aryl methyl sites for hydroxylation is 2. The van der Waals surface area contributed by atoms with E-state index in [0.717, 1.165) is 49.1 Å². The maximum Gasteiger partial charge on any atom is 0.129 e. The Morgan fingerprint density at radius 1 is 1.44 bits per heavy atom. The van der Waals surface area contributed by atoms with E-state index in [2.05, 4.69) is 22.2 Å². The Bertz CT molecular complexity index is 358. The highest BCUT2D eigenvalue weighted by molar-refractivity contribution is 5.36. The van der Waals surface area contributed by atoms with E-state index in [-0.39, 0.29) is 0 Å². The van der Waals surface area contributed by atoms with Crippen LogP contribution in [0.4, 0.5) is 5.82 Å². The molecule has 0 aromatic carbocycles. The molecule has 1 fully saturated rings. The molecule has 0 unspecified atom stereocenters. The second kappa shape index (κ2) is 4.78. The Morgan fingerprint density at radius 3 is 2.81 bits per heavy atom. The third-order valence-corrected chi connectivity index (χ3v) is 3.10. The fourth-order valence-corrected chi connectivity index (χ4v) is 2.10. The van der Waals surface area contributed by atoms with Gasteiger partial charge in [0.05, 0.1) is 0 Å². The number of hydrogen-bond donors (Lipinski definition) is 2. The van der Waals surface area contributed by atoms with Gasteiger partial charge in [-0.1, -0.05) is 6.92 Å². The Morgan fingerprint density at radius 2 is 2.19 bits per heavy atom. The summed E-state index contributed by atoms with van der Waals surface area (Å²) in [5.74, 6) is 2.51. The summed E-state index contributed by atoms with van der Waals surface area (Å²) in [6.07, 6.45) is 3.22. The van der Waals surface area contributed by atoms with Crippen LogP contribution in [-0.4, -0.2) is 22.6 Å². The first kappa shape index (κ1) is 11.3. The highest BCUT2D eigenvalue weighted by atomic mass is 15.0. The monoisotopic (exact) mass is 220 g/mol. The molecule has 3 N–H and O–H groups in total. The minimum atomic E-state index is 0.421. The van der Waals surface area contributed by atoms with Gasteiger partial charge in [-0.15, -0.1) is 0 Å². The zero-order chi connectivity index (χ0) is 11.5. The Kier molecular flexibility index (Phi) is 3.39. The minimum absolute atomic E-state index is 0.421. The minimum Gasteiger partial charge on any atom is -0.370 e. The first-order valence-electron chi connectivity index (χ1n) is 6.01. The number of nitrogens with one attached hydrogen (secondary N) is 1. The quantitative estimate of drug-likeness (QED) is 0.807. The van der Waals surface area contributed by atoms with E-state index < -0.39 is 0 Å². The molecule has 1 aliphatic rings. The van der Waals surface area contributed by atoms with Crippen LogP contribution >= 0.6 is 0 Å². The summed E-state index contributed by atoms with van der Waals surface area (Å²) in [5, 5.41) is 3.38. The number of nitrogens with zero attached hydrogens (tertiary/aromatic N) is 2. The van der Waals surface area contributed by atoms with Gasteiger partial charge in [0, 0.05) is 24.3 Å². The lowest BCUT2D eigenvalue weighted by atomic mass is 9.81.